The van der Waals surface area contributed by atoms with Crippen molar-refractivity contribution in [3.8, 4) is 5.75 Å². The van der Waals surface area contributed by atoms with Gasteiger partial charge in [0.15, 0.2) is 6.79 Å². The third-order valence-electron chi connectivity index (χ3n) is 3.80. The Labute approximate surface area is 130 Å². The highest BCUT2D eigenvalue weighted by Gasteiger charge is 2.23. The lowest BCUT2D eigenvalue weighted by molar-refractivity contribution is -0.0321. The molecule has 6 heteroatoms. The first-order chi connectivity index (χ1) is 10.3. The minimum Gasteiger partial charge on any atom is -0.467 e. The number of hydrogen-bond acceptors (Lipinski definition) is 5. The highest BCUT2D eigenvalue weighted by molar-refractivity contribution is 6.30. The van der Waals surface area contributed by atoms with Crippen LogP contribution in [-0.2, 0) is 22.6 Å². The molecule has 1 N–H and O–H groups in total. The first kappa shape index (κ1) is 15.1. The number of ether oxygens (including phenoxy) is 3. The van der Waals surface area contributed by atoms with Crippen LogP contribution < -0.4 is 10.1 Å². The molecule has 1 unspecified atom stereocenters. The van der Waals surface area contributed by atoms with Crippen molar-refractivity contribution < 1.29 is 14.2 Å². The Morgan fingerprint density at radius 1 is 1.43 bits per heavy atom. The van der Waals surface area contributed by atoms with Gasteiger partial charge in [-0.3, -0.25) is 4.90 Å². The van der Waals surface area contributed by atoms with Crippen LogP contribution in [0.1, 0.15) is 11.1 Å². The second-order valence-corrected chi connectivity index (χ2v) is 5.89. The molecule has 0 aromatic heterocycles. The van der Waals surface area contributed by atoms with Gasteiger partial charge in [-0.1, -0.05) is 11.6 Å². The van der Waals surface area contributed by atoms with Crippen LogP contribution in [-0.4, -0.2) is 51.1 Å². The number of rotatable bonds is 4. The van der Waals surface area contributed by atoms with E-state index in [1.54, 1.807) is 0 Å². The second-order valence-electron chi connectivity index (χ2n) is 5.45. The molecule has 0 aliphatic carbocycles. The molecule has 1 fully saturated rings. The average Bonchev–Trinajstić information content (AvgIpc) is 2.48. The van der Waals surface area contributed by atoms with Crippen LogP contribution in [0.2, 0.25) is 5.02 Å². The van der Waals surface area contributed by atoms with Gasteiger partial charge in [-0.25, -0.2) is 0 Å². The van der Waals surface area contributed by atoms with Crippen LogP contribution in [0.5, 0.6) is 5.75 Å². The smallest absolute Gasteiger partial charge is 0.189 e. The molecule has 116 valence electrons. The Morgan fingerprint density at radius 2 is 2.33 bits per heavy atom. The summed E-state index contributed by atoms with van der Waals surface area (Å²) in [6, 6.07) is 3.91. The topological polar surface area (TPSA) is 43.0 Å². The van der Waals surface area contributed by atoms with E-state index in [0.29, 0.717) is 13.4 Å². The van der Waals surface area contributed by atoms with Crippen molar-refractivity contribution in [1.29, 1.82) is 0 Å². The zero-order valence-electron chi connectivity index (χ0n) is 12.2. The van der Waals surface area contributed by atoms with E-state index < -0.39 is 0 Å². The summed E-state index contributed by atoms with van der Waals surface area (Å²) < 4.78 is 16.7. The van der Waals surface area contributed by atoms with E-state index in [9.17, 15) is 0 Å². The summed E-state index contributed by atoms with van der Waals surface area (Å²) in [5, 5.41) is 3.90. The van der Waals surface area contributed by atoms with Crippen LogP contribution in [0.15, 0.2) is 12.1 Å². The Morgan fingerprint density at radius 3 is 3.19 bits per heavy atom. The molecule has 2 aliphatic rings. The molecular formula is C15H21ClN2O3. The van der Waals surface area contributed by atoms with E-state index in [1.807, 2.05) is 19.2 Å². The van der Waals surface area contributed by atoms with Crippen molar-refractivity contribution in [2.45, 2.75) is 19.3 Å². The van der Waals surface area contributed by atoms with Crippen LogP contribution in [0, 0.1) is 0 Å². The largest absolute Gasteiger partial charge is 0.467 e. The maximum Gasteiger partial charge on any atom is 0.189 e. The number of hydrogen-bond donors (Lipinski definition) is 1. The summed E-state index contributed by atoms with van der Waals surface area (Å²) in [6.07, 6.45) is 0.239. The summed E-state index contributed by atoms with van der Waals surface area (Å²) in [5.41, 5.74) is 2.16. The van der Waals surface area contributed by atoms with Gasteiger partial charge in [0.25, 0.3) is 0 Å². The van der Waals surface area contributed by atoms with Crippen LogP contribution in [0.3, 0.4) is 0 Å². The maximum absolute atomic E-state index is 6.21. The summed E-state index contributed by atoms with van der Waals surface area (Å²) in [4.78, 5) is 2.39. The molecule has 2 heterocycles. The van der Waals surface area contributed by atoms with Gasteiger partial charge in [0.05, 0.1) is 19.3 Å². The van der Waals surface area contributed by atoms with E-state index in [2.05, 4.69) is 10.2 Å². The predicted octanol–water partition coefficient (Wildman–Crippen LogP) is 1.63. The van der Waals surface area contributed by atoms with Crippen molar-refractivity contribution >= 4 is 11.6 Å². The van der Waals surface area contributed by atoms with Crippen LogP contribution in [0.4, 0.5) is 0 Å². The van der Waals surface area contributed by atoms with E-state index in [-0.39, 0.29) is 6.10 Å². The Hall–Kier alpha value is -0.850. The van der Waals surface area contributed by atoms with Gasteiger partial charge in [-0.2, -0.15) is 0 Å². The molecule has 2 aliphatic heterocycles. The monoisotopic (exact) mass is 312 g/mol. The summed E-state index contributed by atoms with van der Waals surface area (Å²) in [6.45, 7) is 5.18. The highest BCUT2D eigenvalue weighted by Crippen LogP contribution is 2.32. The molecular weight excluding hydrogens is 292 g/mol. The molecule has 0 radical (unpaired) electrons. The number of nitrogens with zero attached hydrogens (tertiary/aromatic N) is 1. The molecule has 5 nitrogen and oxygen atoms in total. The van der Waals surface area contributed by atoms with Gasteiger partial charge in [0, 0.05) is 42.3 Å². The second kappa shape index (κ2) is 6.94. The zero-order chi connectivity index (χ0) is 14.7. The van der Waals surface area contributed by atoms with E-state index in [1.165, 1.54) is 0 Å². The average molecular weight is 313 g/mol. The zero-order valence-corrected chi connectivity index (χ0v) is 13.0. The lowest BCUT2D eigenvalue weighted by Crippen LogP contribution is -2.45. The fraction of sp³-hybridized carbons (Fsp3) is 0.600. The third kappa shape index (κ3) is 3.67. The number of nitrogens with one attached hydrogen (secondary N) is 1. The van der Waals surface area contributed by atoms with Crippen molar-refractivity contribution in [2.75, 3.05) is 40.1 Å². The molecule has 0 amide bonds. The first-order valence-electron chi connectivity index (χ1n) is 7.26. The number of benzene rings is 1. The first-order valence-corrected chi connectivity index (χ1v) is 7.64. The molecule has 0 bridgehead atoms. The van der Waals surface area contributed by atoms with Crippen LogP contribution >= 0.6 is 11.6 Å². The Bertz CT molecular complexity index is 496. The number of likely N-dealkylation sites (N-methyl/N-ethyl adjacent to an activating group) is 1. The van der Waals surface area contributed by atoms with E-state index in [4.69, 9.17) is 25.8 Å². The SMILES string of the molecule is CNCC1CN(Cc2cc(Cl)cc3c2OCOC3)CCO1. The Balaban J connectivity index is 1.73. The standard InChI is InChI=1S/C15H21ClN2O3/c1-17-6-14-8-18(2-3-20-14)7-11-4-13(16)5-12-9-19-10-21-15(11)12/h4-5,14,17H,2-3,6-10H2,1H3. The summed E-state index contributed by atoms with van der Waals surface area (Å²) >= 11 is 6.21. The number of fused-ring (bicyclic) bond motifs is 1. The molecule has 21 heavy (non-hydrogen) atoms. The van der Waals surface area contributed by atoms with Crippen molar-refractivity contribution in [2.24, 2.45) is 0 Å². The maximum atomic E-state index is 6.21. The lowest BCUT2D eigenvalue weighted by atomic mass is 10.1. The predicted molar refractivity (Wildman–Crippen MR) is 80.7 cm³/mol. The van der Waals surface area contributed by atoms with Gasteiger partial charge in [-0.05, 0) is 19.2 Å². The number of halogens is 1. The van der Waals surface area contributed by atoms with Gasteiger partial charge in [0.1, 0.15) is 5.75 Å². The molecule has 0 spiro atoms. The van der Waals surface area contributed by atoms with Gasteiger partial charge in [0.2, 0.25) is 0 Å². The van der Waals surface area contributed by atoms with Gasteiger partial charge in [-0.15, -0.1) is 0 Å². The van der Waals surface area contributed by atoms with Gasteiger partial charge < -0.3 is 19.5 Å². The molecule has 1 aromatic rings. The minimum atomic E-state index is 0.239. The number of morpholine rings is 1. The fourth-order valence-electron chi connectivity index (χ4n) is 2.89. The molecule has 1 saturated heterocycles. The molecule has 0 saturated carbocycles. The van der Waals surface area contributed by atoms with Crippen molar-refractivity contribution in [3.05, 3.63) is 28.3 Å². The van der Waals surface area contributed by atoms with Crippen LogP contribution in [0.25, 0.3) is 0 Å². The van der Waals surface area contributed by atoms with E-state index >= 15 is 0 Å². The fourth-order valence-corrected chi connectivity index (χ4v) is 3.15. The lowest BCUT2D eigenvalue weighted by Gasteiger charge is -2.33. The molecule has 1 atom stereocenters. The summed E-state index contributed by atoms with van der Waals surface area (Å²) in [7, 11) is 1.95. The minimum absolute atomic E-state index is 0.239. The Kier molecular flexibility index (Phi) is 4.98. The molecule has 1 aromatic carbocycles. The molecule has 3 rings (SSSR count). The summed E-state index contributed by atoms with van der Waals surface area (Å²) in [5.74, 6) is 0.933. The van der Waals surface area contributed by atoms with Crippen molar-refractivity contribution in [1.82, 2.24) is 10.2 Å². The quantitative estimate of drug-likeness (QED) is 0.915. The van der Waals surface area contributed by atoms with E-state index in [0.717, 1.165) is 54.7 Å². The van der Waals surface area contributed by atoms with Crippen molar-refractivity contribution in [3.63, 3.8) is 0 Å². The third-order valence-corrected chi connectivity index (χ3v) is 4.02. The van der Waals surface area contributed by atoms with Gasteiger partial charge >= 0.3 is 0 Å². The highest BCUT2D eigenvalue weighted by atomic mass is 35.5. The normalized spacial score (nSPS) is 22.7.